The highest BCUT2D eigenvalue weighted by Crippen LogP contribution is 2.27. The van der Waals surface area contributed by atoms with Crippen LogP contribution in [0.2, 0.25) is 0 Å². The van der Waals surface area contributed by atoms with Crippen molar-refractivity contribution < 1.29 is 4.42 Å². The summed E-state index contributed by atoms with van der Waals surface area (Å²) in [6, 6.07) is 12.0. The molecule has 0 spiro atoms. The number of aryl methyl sites for hydroxylation is 1. The first kappa shape index (κ1) is 12.5. The first-order valence-electron chi connectivity index (χ1n) is 6.53. The van der Waals surface area contributed by atoms with Crippen LogP contribution in [0.4, 0.5) is 11.4 Å². The zero-order chi connectivity index (χ0) is 14.1. The number of para-hydroxylation sites is 1. The van der Waals surface area contributed by atoms with Crippen LogP contribution >= 0.6 is 0 Å². The highest BCUT2D eigenvalue weighted by atomic mass is 16.3. The van der Waals surface area contributed by atoms with Gasteiger partial charge >= 0.3 is 0 Å². The number of oxazole rings is 1. The standard InChI is InChI=1S/C16H17N3O/c1-11-4-3-5-13(17)16(11)19(2)9-12-6-7-14-15(8-12)20-10-18-14/h3-8,10H,9,17H2,1-2H3. The second-order valence-electron chi connectivity index (χ2n) is 5.02. The Labute approximate surface area is 117 Å². The zero-order valence-electron chi connectivity index (χ0n) is 11.6. The number of nitrogen functional groups attached to an aromatic ring is 1. The molecule has 1 heterocycles. The highest BCUT2D eigenvalue weighted by molar-refractivity contribution is 5.74. The smallest absolute Gasteiger partial charge is 0.181 e. The lowest BCUT2D eigenvalue weighted by Crippen LogP contribution is -2.18. The summed E-state index contributed by atoms with van der Waals surface area (Å²) in [5.41, 5.74) is 12.0. The topological polar surface area (TPSA) is 55.3 Å². The SMILES string of the molecule is Cc1cccc(N)c1N(C)Cc1ccc2ncoc2c1. The van der Waals surface area contributed by atoms with Crippen LogP contribution in [0.25, 0.3) is 11.1 Å². The van der Waals surface area contributed by atoms with Gasteiger partial charge in [-0.2, -0.15) is 0 Å². The van der Waals surface area contributed by atoms with Gasteiger partial charge in [-0.25, -0.2) is 4.98 Å². The second kappa shape index (κ2) is 4.89. The molecular weight excluding hydrogens is 250 g/mol. The van der Waals surface area contributed by atoms with E-state index in [9.17, 15) is 0 Å². The van der Waals surface area contributed by atoms with Crippen LogP contribution in [0.5, 0.6) is 0 Å². The Morgan fingerprint density at radius 2 is 2.10 bits per heavy atom. The molecule has 4 heteroatoms. The van der Waals surface area contributed by atoms with Gasteiger partial charge in [-0.3, -0.25) is 0 Å². The summed E-state index contributed by atoms with van der Waals surface area (Å²) >= 11 is 0. The molecule has 2 aromatic carbocycles. The van der Waals surface area contributed by atoms with Crippen molar-refractivity contribution in [3.05, 3.63) is 53.9 Å². The van der Waals surface area contributed by atoms with Crippen LogP contribution < -0.4 is 10.6 Å². The number of benzene rings is 2. The Balaban J connectivity index is 1.90. The lowest BCUT2D eigenvalue weighted by atomic mass is 10.1. The van der Waals surface area contributed by atoms with Crippen LogP contribution in [-0.2, 0) is 6.54 Å². The lowest BCUT2D eigenvalue weighted by Gasteiger charge is -2.23. The van der Waals surface area contributed by atoms with Gasteiger partial charge in [0.25, 0.3) is 0 Å². The molecule has 0 aliphatic rings. The van der Waals surface area contributed by atoms with Gasteiger partial charge in [-0.05, 0) is 36.2 Å². The number of aromatic nitrogens is 1. The quantitative estimate of drug-likeness (QED) is 0.739. The number of hydrogen-bond donors (Lipinski definition) is 1. The molecule has 0 fully saturated rings. The molecule has 3 rings (SSSR count). The van der Waals surface area contributed by atoms with E-state index in [1.54, 1.807) is 0 Å². The fourth-order valence-corrected chi connectivity index (χ4v) is 2.55. The first-order valence-corrected chi connectivity index (χ1v) is 6.53. The summed E-state index contributed by atoms with van der Waals surface area (Å²) in [7, 11) is 2.04. The maximum atomic E-state index is 6.08. The van der Waals surface area contributed by atoms with Gasteiger partial charge < -0.3 is 15.1 Å². The van der Waals surface area contributed by atoms with E-state index in [0.717, 1.165) is 29.0 Å². The van der Waals surface area contributed by atoms with Gasteiger partial charge in [0.15, 0.2) is 12.0 Å². The molecule has 0 radical (unpaired) electrons. The number of nitrogens with two attached hydrogens (primary N) is 1. The summed E-state index contributed by atoms with van der Waals surface area (Å²) in [5.74, 6) is 0. The minimum Gasteiger partial charge on any atom is -0.443 e. The first-order chi connectivity index (χ1) is 9.65. The molecule has 2 N–H and O–H groups in total. The molecule has 3 aromatic rings. The molecule has 1 aromatic heterocycles. The van der Waals surface area contributed by atoms with Gasteiger partial charge in [0.1, 0.15) is 5.52 Å². The Hall–Kier alpha value is -2.49. The van der Waals surface area contributed by atoms with Crippen LogP contribution in [-0.4, -0.2) is 12.0 Å². The summed E-state index contributed by atoms with van der Waals surface area (Å²) in [5, 5.41) is 0. The van der Waals surface area contributed by atoms with Crippen molar-refractivity contribution in [3.8, 4) is 0 Å². The second-order valence-corrected chi connectivity index (χ2v) is 5.02. The normalized spacial score (nSPS) is 10.9. The number of hydrogen-bond acceptors (Lipinski definition) is 4. The minimum absolute atomic E-state index is 0.770. The van der Waals surface area contributed by atoms with E-state index in [4.69, 9.17) is 10.2 Å². The minimum atomic E-state index is 0.770. The highest BCUT2D eigenvalue weighted by Gasteiger charge is 2.09. The molecule has 0 amide bonds. The van der Waals surface area contributed by atoms with E-state index >= 15 is 0 Å². The number of fused-ring (bicyclic) bond motifs is 1. The van der Waals surface area contributed by atoms with Gasteiger partial charge in [0.05, 0.1) is 11.4 Å². The lowest BCUT2D eigenvalue weighted by molar-refractivity contribution is 0.601. The monoisotopic (exact) mass is 267 g/mol. The Morgan fingerprint density at radius 3 is 2.90 bits per heavy atom. The average molecular weight is 267 g/mol. The maximum absolute atomic E-state index is 6.08. The number of nitrogens with zero attached hydrogens (tertiary/aromatic N) is 2. The molecule has 0 unspecified atom stereocenters. The van der Waals surface area contributed by atoms with E-state index in [1.807, 2.05) is 31.3 Å². The summed E-state index contributed by atoms with van der Waals surface area (Å²) in [6.45, 7) is 2.84. The van der Waals surface area contributed by atoms with Gasteiger partial charge in [0, 0.05) is 13.6 Å². The van der Waals surface area contributed by atoms with Gasteiger partial charge in [0.2, 0.25) is 0 Å². The fourth-order valence-electron chi connectivity index (χ4n) is 2.55. The molecule has 102 valence electrons. The third-order valence-corrected chi connectivity index (χ3v) is 3.47. The molecule has 0 saturated heterocycles. The van der Waals surface area contributed by atoms with E-state index < -0.39 is 0 Å². The summed E-state index contributed by atoms with van der Waals surface area (Å²) in [4.78, 5) is 6.28. The third-order valence-electron chi connectivity index (χ3n) is 3.47. The van der Waals surface area contributed by atoms with Crippen LogP contribution in [0.1, 0.15) is 11.1 Å². The van der Waals surface area contributed by atoms with Crippen molar-refractivity contribution in [2.24, 2.45) is 0 Å². The van der Waals surface area contributed by atoms with Crippen molar-refractivity contribution in [3.63, 3.8) is 0 Å². The Morgan fingerprint density at radius 1 is 1.25 bits per heavy atom. The van der Waals surface area contributed by atoms with E-state index in [2.05, 4.69) is 28.9 Å². The maximum Gasteiger partial charge on any atom is 0.181 e. The van der Waals surface area contributed by atoms with E-state index in [1.165, 1.54) is 17.5 Å². The summed E-state index contributed by atoms with van der Waals surface area (Å²) in [6.07, 6.45) is 1.47. The molecule has 0 atom stereocenters. The number of anilines is 2. The third kappa shape index (κ3) is 2.20. The van der Waals surface area contributed by atoms with Crippen LogP contribution in [0.15, 0.2) is 47.2 Å². The molecule has 4 nitrogen and oxygen atoms in total. The summed E-state index contributed by atoms with van der Waals surface area (Å²) < 4.78 is 5.34. The van der Waals surface area contributed by atoms with Crippen molar-refractivity contribution in [1.82, 2.24) is 4.98 Å². The fraction of sp³-hybridized carbons (Fsp3) is 0.188. The molecule has 0 aliphatic heterocycles. The predicted molar refractivity (Wildman–Crippen MR) is 81.7 cm³/mol. The van der Waals surface area contributed by atoms with Crippen molar-refractivity contribution >= 4 is 22.5 Å². The molecule has 0 saturated carbocycles. The van der Waals surface area contributed by atoms with Crippen LogP contribution in [0.3, 0.4) is 0 Å². The number of rotatable bonds is 3. The Kier molecular flexibility index (Phi) is 3.06. The van der Waals surface area contributed by atoms with Crippen LogP contribution in [0, 0.1) is 6.92 Å². The molecule has 0 bridgehead atoms. The van der Waals surface area contributed by atoms with Crippen molar-refractivity contribution in [2.45, 2.75) is 13.5 Å². The van der Waals surface area contributed by atoms with E-state index in [-0.39, 0.29) is 0 Å². The predicted octanol–water partition coefficient (Wildman–Crippen LogP) is 3.35. The average Bonchev–Trinajstić information content (AvgIpc) is 2.85. The molecule has 0 aliphatic carbocycles. The molecule has 20 heavy (non-hydrogen) atoms. The van der Waals surface area contributed by atoms with Gasteiger partial charge in [-0.1, -0.05) is 18.2 Å². The largest absolute Gasteiger partial charge is 0.443 e. The molecular formula is C16H17N3O. The van der Waals surface area contributed by atoms with Crippen molar-refractivity contribution in [2.75, 3.05) is 17.7 Å². The van der Waals surface area contributed by atoms with Gasteiger partial charge in [-0.15, -0.1) is 0 Å². The van der Waals surface area contributed by atoms with Crippen molar-refractivity contribution in [1.29, 1.82) is 0 Å². The van der Waals surface area contributed by atoms with E-state index in [0.29, 0.717) is 0 Å². The zero-order valence-corrected chi connectivity index (χ0v) is 11.6. The Bertz CT molecular complexity index is 728.